The molecule has 0 saturated carbocycles. The van der Waals surface area contributed by atoms with E-state index in [-0.39, 0.29) is 11.9 Å². The van der Waals surface area contributed by atoms with Crippen molar-refractivity contribution in [1.82, 2.24) is 19.7 Å². The molecule has 1 aliphatic rings. The number of hydrogen-bond acceptors (Lipinski definition) is 5. The standard InChI is InChI=1S/C14H18N6O/c1-10-8-15-14(16-9-10)17-11-4-3-6-20(13(11)21)12-5-7-19(2)18-12/h5,7-9,11H,3-4,6H2,1-2H3,(H,15,16,17). The molecule has 1 unspecified atom stereocenters. The minimum absolute atomic E-state index is 0.0177. The molecule has 1 amide bonds. The summed E-state index contributed by atoms with van der Waals surface area (Å²) in [5, 5.41) is 7.42. The number of carbonyl (C=O) groups is 1. The van der Waals surface area contributed by atoms with E-state index in [0.717, 1.165) is 18.4 Å². The highest BCUT2D eigenvalue weighted by Crippen LogP contribution is 2.20. The van der Waals surface area contributed by atoms with Gasteiger partial charge in [-0.25, -0.2) is 9.97 Å². The van der Waals surface area contributed by atoms with Crippen molar-refractivity contribution in [3.05, 3.63) is 30.2 Å². The van der Waals surface area contributed by atoms with E-state index in [1.165, 1.54) is 0 Å². The molecule has 0 bridgehead atoms. The number of nitrogens with one attached hydrogen (secondary N) is 1. The summed E-state index contributed by atoms with van der Waals surface area (Å²) in [6.07, 6.45) is 7.01. The molecule has 1 aliphatic heterocycles. The average molecular weight is 286 g/mol. The first kappa shape index (κ1) is 13.5. The van der Waals surface area contributed by atoms with Gasteiger partial charge in [0.15, 0.2) is 5.82 Å². The molecule has 2 aromatic rings. The van der Waals surface area contributed by atoms with Crippen LogP contribution >= 0.6 is 0 Å². The number of amides is 1. The second-order valence-corrected chi connectivity index (χ2v) is 5.26. The number of aromatic nitrogens is 4. The Morgan fingerprint density at radius 1 is 1.33 bits per heavy atom. The van der Waals surface area contributed by atoms with Crippen LogP contribution in [0.1, 0.15) is 18.4 Å². The van der Waals surface area contributed by atoms with Gasteiger partial charge >= 0.3 is 0 Å². The predicted octanol–water partition coefficient (Wildman–Crippen LogP) is 1.13. The number of nitrogens with zero attached hydrogens (tertiary/aromatic N) is 5. The molecule has 21 heavy (non-hydrogen) atoms. The number of aryl methyl sites for hydroxylation is 2. The smallest absolute Gasteiger partial charge is 0.250 e. The molecule has 1 atom stereocenters. The van der Waals surface area contributed by atoms with Gasteiger partial charge in [-0.2, -0.15) is 5.10 Å². The molecule has 1 fully saturated rings. The fourth-order valence-corrected chi connectivity index (χ4v) is 2.41. The van der Waals surface area contributed by atoms with Gasteiger partial charge < -0.3 is 5.32 Å². The minimum Gasteiger partial charge on any atom is -0.342 e. The molecular weight excluding hydrogens is 268 g/mol. The van der Waals surface area contributed by atoms with Crippen molar-refractivity contribution < 1.29 is 4.79 Å². The number of hydrogen-bond donors (Lipinski definition) is 1. The summed E-state index contributed by atoms with van der Waals surface area (Å²) in [4.78, 5) is 22.7. The molecule has 3 rings (SSSR count). The van der Waals surface area contributed by atoms with Crippen molar-refractivity contribution in [3.8, 4) is 0 Å². The van der Waals surface area contributed by atoms with Gasteiger partial charge in [0, 0.05) is 38.2 Å². The van der Waals surface area contributed by atoms with Crippen LogP contribution in [0.4, 0.5) is 11.8 Å². The van der Waals surface area contributed by atoms with Gasteiger partial charge in [-0.05, 0) is 25.3 Å². The third-order valence-electron chi connectivity index (χ3n) is 3.50. The van der Waals surface area contributed by atoms with Crippen LogP contribution in [-0.2, 0) is 11.8 Å². The second kappa shape index (κ2) is 5.51. The van der Waals surface area contributed by atoms with Gasteiger partial charge in [0.05, 0.1) is 0 Å². The van der Waals surface area contributed by atoms with Crippen molar-refractivity contribution in [3.63, 3.8) is 0 Å². The first-order valence-electron chi connectivity index (χ1n) is 7.00. The van der Waals surface area contributed by atoms with Gasteiger partial charge in [0.25, 0.3) is 5.91 Å². The molecule has 7 nitrogen and oxygen atoms in total. The summed E-state index contributed by atoms with van der Waals surface area (Å²) in [6.45, 7) is 2.63. The van der Waals surface area contributed by atoms with E-state index in [9.17, 15) is 4.79 Å². The Kier molecular flexibility index (Phi) is 3.55. The number of anilines is 2. The summed E-state index contributed by atoms with van der Waals surface area (Å²) < 4.78 is 1.70. The van der Waals surface area contributed by atoms with Gasteiger partial charge in [0.2, 0.25) is 5.95 Å². The molecular formula is C14H18N6O. The van der Waals surface area contributed by atoms with Gasteiger partial charge in [-0.15, -0.1) is 0 Å². The van der Waals surface area contributed by atoms with Crippen molar-refractivity contribution in [2.24, 2.45) is 7.05 Å². The van der Waals surface area contributed by atoms with E-state index in [1.54, 1.807) is 22.0 Å². The van der Waals surface area contributed by atoms with E-state index < -0.39 is 0 Å². The third-order valence-corrected chi connectivity index (χ3v) is 3.50. The fraction of sp³-hybridized carbons (Fsp3) is 0.429. The molecule has 0 spiro atoms. The highest BCUT2D eigenvalue weighted by molar-refractivity contribution is 5.98. The van der Waals surface area contributed by atoms with Crippen LogP contribution < -0.4 is 10.2 Å². The predicted molar refractivity (Wildman–Crippen MR) is 79.0 cm³/mol. The van der Waals surface area contributed by atoms with Crippen molar-refractivity contribution in [2.75, 3.05) is 16.8 Å². The molecule has 7 heteroatoms. The van der Waals surface area contributed by atoms with Crippen LogP contribution in [0.5, 0.6) is 0 Å². The fourth-order valence-electron chi connectivity index (χ4n) is 2.41. The van der Waals surface area contributed by atoms with Crippen LogP contribution in [0.15, 0.2) is 24.7 Å². The second-order valence-electron chi connectivity index (χ2n) is 5.26. The Labute approximate surface area is 123 Å². The van der Waals surface area contributed by atoms with Crippen LogP contribution in [0.3, 0.4) is 0 Å². The Bertz CT molecular complexity index is 635. The molecule has 1 saturated heterocycles. The van der Waals surface area contributed by atoms with Crippen molar-refractivity contribution >= 4 is 17.7 Å². The number of piperidine rings is 1. The Hall–Kier alpha value is -2.44. The maximum Gasteiger partial charge on any atom is 0.250 e. The van der Waals surface area contributed by atoms with E-state index in [2.05, 4.69) is 20.4 Å². The summed E-state index contributed by atoms with van der Waals surface area (Å²) in [5.74, 6) is 1.20. The van der Waals surface area contributed by atoms with Crippen molar-refractivity contribution in [2.45, 2.75) is 25.8 Å². The lowest BCUT2D eigenvalue weighted by Crippen LogP contribution is -2.48. The molecule has 110 valence electrons. The quantitative estimate of drug-likeness (QED) is 0.915. The van der Waals surface area contributed by atoms with Crippen molar-refractivity contribution in [1.29, 1.82) is 0 Å². The first-order chi connectivity index (χ1) is 10.1. The van der Waals surface area contributed by atoms with Crippen LogP contribution in [0.2, 0.25) is 0 Å². The zero-order valence-electron chi connectivity index (χ0n) is 12.2. The Balaban J connectivity index is 1.74. The zero-order valence-corrected chi connectivity index (χ0v) is 12.2. The van der Waals surface area contributed by atoms with E-state index in [1.807, 2.05) is 26.2 Å². The number of rotatable bonds is 3. The van der Waals surface area contributed by atoms with E-state index in [4.69, 9.17) is 0 Å². The lowest BCUT2D eigenvalue weighted by Gasteiger charge is -2.31. The largest absolute Gasteiger partial charge is 0.342 e. The van der Waals surface area contributed by atoms with Gasteiger partial charge in [-0.1, -0.05) is 0 Å². The van der Waals surface area contributed by atoms with Gasteiger partial charge in [-0.3, -0.25) is 14.4 Å². The Morgan fingerprint density at radius 3 is 2.76 bits per heavy atom. The van der Waals surface area contributed by atoms with Crippen LogP contribution in [-0.4, -0.2) is 38.2 Å². The van der Waals surface area contributed by atoms with E-state index >= 15 is 0 Å². The molecule has 0 aromatic carbocycles. The maximum atomic E-state index is 12.6. The topological polar surface area (TPSA) is 75.9 Å². The highest BCUT2D eigenvalue weighted by Gasteiger charge is 2.31. The monoisotopic (exact) mass is 286 g/mol. The Morgan fingerprint density at radius 2 is 2.10 bits per heavy atom. The van der Waals surface area contributed by atoms with Gasteiger partial charge in [0.1, 0.15) is 6.04 Å². The molecule has 2 aromatic heterocycles. The summed E-state index contributed by atoms with van der Waals surface area (Å²) >= 11 is 0. The van der Waals surface area contributed by atoms with Crippen LogP contribution in [0, 0.1) is 6.92 Å². The summed E-state index contributed by atoms with van der Waals surface area (Å²) in [7, 11) is 1.84. The lowest BCUT2D eigenvalue weighted by molar-refractivity contribution is -0.120. The molecule has 3 heterocycles. The third kappa shape index (κ3) is 2.86. The molecule has 1 N–H and O–H groups in total. The summed E-state index contributed by atoms with van der Waals surface area (Å²) in [6, 6.07) is 1.55. The normalized spacial score (nSPS) is 18.9. The molecule has 0 radical (unpaired) electrons. The maximum absolute atomic E-state index is 12.6. The first-order valence-corrected chi connectivity index (χ1v) is 7.00. The van der Waals surface area contributed by atoms with E-state index in [0.29, 0.717) is 18.3 Å². The minimum atomic E-state index is -0.302. The SMILES string of the molecule is Cc1cnc(NC2CCCN(c3ccn(C)n3)C2=O)nc1. The van der Waals surface area contributed by atoms with Crippen LogP contribution in [0.25, 0.3) is 0 Å². The average Bonchev–Trinajstić information content (AvgIpc) is 2.90. The summed E-state index contributed by atoms with van der Waals surface area (Å²) in [5.41, 5.74) is 0.991. The lowest BCUT2D eigenvalue weighted by atomic mass is 10.1. The number of carbonyl (C=O) groups excluding carboxylic acids is 1. The highest BCUT2D eigenvalue weighted by atomic mass is 16.2. The molecule has 0 aliphatic carbocycles. The zero-order chi connectivity index (χ0) is 14.8.